The average molecular weight is 338 g/mol. The smallest absolute Gasteiger partial charge is 0.122 e. The van der Waals surface area contributed by atoms with E-state index in [1.165, 1.54) is 12.0 Å². The van der Waals surface area contributed by atoms with E-state index in [0.29, 0.717) is 5.92 Å². The van der Waals surface area contributed by atoms with Crippen molar-refractivity contribution in [1.82, 2.24) is 5.32 Å². The molecule has 1 unspecified atom stereocenters. The zero-order valence-corrected chi connectivity index (χ0v) is 14.0. The molecule has 1 fully saturated rings. The van der Waals surface area contributed by atoms with Gasteiger partial charge in [0, 0.05) is 23.9 Å². The van der Waals surface area contributed by atoms with Crippen LogP contribution in [0.3, 0.4) is 0 Å². The van der Waals surface area contributed by atoms with E-state index in [1.807, 2.05) is 24.3 Å². The Morgan fingerprint density at radius 1 is 1.14 bits per heavy atom. The minimum Gasteiger partial charge on any atom is -0.493 e. The molecule has 0 amide bonds. The molecule has 0 bridgehead atoms. The van der Waals surface area contributed by atoms with Gasteiger partial charge in [-0.3, -0.25) is 0 Å². The van der Waals surface area contributed by atoms with E-state index in [0.717, 1.165) is 42.5 Å². The molecule has 1 heterocycles. The van der Waals surface area contributed by atoms with E-state index in [2.05, 4.69) is 29.6 Å². The summed E-state index contributed by atoms with van der Waals surface area (Å²) in [6.45, 7) is 2.93. The van der Waals surface area contributed by atoms with Crippen LogP contribution in [0.2, 0.25) is 5.02 Å². The van der Waals surface area contributed by atoms with Gasteiger partial charge in [0.15, 0.2) is 0 Å². The lowest BCUT2D eigenvalue weighted by Gasteiger charge is -2.15. The molecule has 2 nitrogen and oxygen atoms in total. The molecule has 0 saturated carbocycles. The molecule has 2 aromatic rings. The lowest BCUT2D eigenvalue weighted by Crippen LogP contribution is -2.16. The molecule has 118 valence electrons. The van der Waals surface area contributed by atoms with E-state index < -0.39 is 0 Å². The number of benzene rings is 2. The SMILES string of the molecule is Cl.Clc1ccc(OCC2CCNC2)c(Cc2ccccc2)c1. The molecule has 1 aliphatic heterocycles. The fraction of sp³-hybridized carbons (Fsp3) is 0.333. The highest BCUT2D eigenvalue weighted by Gasteiger charge is 2.16. The summed E-state index contributed by atoms with van der Waals surface area (Å²) in [5.74, 6) is 1.57. The Kier molecular flexibility index (Phi) is 6.56. The van der Waals surface area contributed by atoms with Gasteiger partial charge in [0.25, 0.3) is 0 Å². The quantitative estimate of drug-likeness (QED) is 0.876. The zero-order valence-electron chi connectivity index (χ0n) is 12.4. The fourth-order valence-corrected chi connectivity index (χ4v) is 2.90. The van der Waals surface area contributed by atoms with Gasteiger partial charge in [0.2, 0.25) is 0 Å². The first-order chi connectivity index (χ1) is 10.3. The first kappa shape index (κ1) is 17.1. The molecular formula is C18H21Cl2NO. The van der Waals surface area contributed by atoms with Crippen molar-refractivity contribution in [3.8, 4) is 5.75 Å². The van der Waals surface area contributed by atoms with Crippen molar-refractivity contribution in [2.45, 2.75) is 12.8 Å². The predicted octanol–water partition coefficient (Wildman–Crippen LogP) is 4.34. The van der Waals surface area contributed by atoms with Crippen LogP contribution in [0.15, 0.2) is 48.5 Å². The highest BCUT2D eigenvalue weighted by atomic mass is 35.5. The van der Waals surface area contributed by atoms with Crippen LogP contribution in [0.5, 0.6) is 5.75 Å². The summed E-state index contributed by atoms with van der Waals surface area (Å²) in [5.41, 5.74) is 2.42. The van der Waals surface area contributed by atoms with Crippen LogP contribution in [0, 0.1) is 5.92 Å². The van der Waals surface area contributed by atoms with E-state index in [9.17, 15) is 0 Å². The fourth-order valence-electron chi connectivity index (χ4n) is 2.71. The van der Waals surface area contributed by atoms with Gasteiger partial charge in [-0.15, -0.1) is 12.4 Å². The summed E-state index contributed by atoms with van der Waals surface area (Å²) in [4.78, 5) is 0. The van der Waals surface area contributed by atoms with Gasteiger partial charge >= 0.3 is 0 Å². The Morgan fingerprint density at radius 3 is 2.68 bits per heavy atom. The third kappa shape index (κ3) is 4.64. The molecule has 0 spiro atoms. The molecule has 2 aromatic carbocycles. The summed E-state index contributed by atoms with van der Waals surface area (Å²) in [6.07, 6.45) is 2.04. The normalized spacial score (nSPS) is 17.0. The highest BCUT2D eigenvalue weighted by Crippen LogP contribution is 2.26. The summed E-state index contributed by atoms with van der Waals surface area (Å²) >= 11 is 6.14. The molecule has 22 heavy (non-hydrogen) atoms. The molecular weight excluding hydrogens is 317 g/mol. The molecule has 1 aliphatic rings. The summed E-state index contributed by atoms with van der Waals surface area (Å²) < 4.78 is 6.05. The highest BCUT2D eigenvalue weighted by molar-refractivity contribution is 6.30. The standard InChI is InChI=1S/C18H20ClNO.ClH/c19-17-6-7-18(21-13-15-8-9-20-12-15)16(11-17)10-14-4-2-1-3-5-14;/h1-7,11,15,20H,8-10,12-13H2;1H. The average Bonchev–Trinajstić information content (AvgIpc) is 3.01. The molecule has 1 saturated heterocycles. The number of halogens is 2. The Bertz CT molecular complexity index is 583. The van der Waals surface area contributed by atoms with Gasteiger partial charge in [0.05, 0.1) is 6.61 Å². The molecule has 0 aliphatic carbocycles. The maximum absolute atomic E-state index is 6.14. The van der Waals surface area contributed by atoms with Crippen molar-refractivity contribution in [3.05, 3.63) is 64.7 Å². The Morgan fingerprint density at radius 2 is 1.95 bits per heavy atom. The Balaban J connectivity index is 0.00000176. The van der Waals surface area contributed by atoms with Crippen LogP contribution >= 0.6 is 24.0 Å². The van der Waals surface area contributed by atoms with Crippen LogP contribution in [0.1, 0.15) is 17.5 Å². The van der Waals surface area contributed by atoms with Gasteiger partial charge in [-0.2, -0.15) is 0 Å². The number of ether oxygens (including phenoxy) is 1. The Labute approximate surface area is 143 Å². The third-order valence-corrected chi connectivity index (χ3v) is 4.13. The topological polar surface area (TPSA) is 21.3 Å². The van der Waals surface area contributed by atoms with Crippen LogP contribution in [-0.2, 0) is 6.42 Å². The summed E-state index contributed by atoms with van der Waals surface area (Å²) in [6, 6.07) is 16.3. The molecule has 3 rings (SSSR count). The van der Waals surface area contributed by atoms with Gasteiger partial charge in [-0.25, -0.2) is 0 Å². The number of nitrogens with one attached hydrogen (secondary N) is 1. The van der Waals surface area contributed by atoms with E-state index in [1.54, 1.807) is 0 Å². The first-order valence-electron chi connectivity index (χ1n) is 7.47. The molecule has 4 heteroatoms. The predicted molar refractivity (Wildman–Crippen MR) is 94.4 cm³/mol. The lowest BCUT2D eigenvalue weighted by atomic mass is 10.0. The molecule has 1 N–H and O–H groups in total. The van der Waals surface area contributed by atoms with Gasteiger partial charge in [-0.05, 0) is 42.3 Å². The van der Waals surface area contributed by atoms with Crippen LogP contribution in [0.25, 0.3) is 0 Å². The number of hydrogen-bond donors (Lipinski definition) is 1. The minimum atomic E-state index is 0. The molecule has 0 aromatic heterocycles. The first-order valence-corrected chi connectivity index (χ1v) is 7.85. The van der Waals surface area contributed by atoms with Crippen molar-refractivity contribution in [3.63, 3.8) is 0 Å². The lowest BCUT2D eigenvalue weighted by molar-refractivity contribution is 0.258. The third-order valence-electron chi connectivity index (χ3n) is 3.90. The number of rotatable bonds is 5. The maximum Gasteiger partial charge on any atom is 0.122 e. The van der Waals surface area contributed by atoms with Crippen molar-refractivity contribution in [1.29, 1.82) is 0 Å². The van der Waals surface area contributed by atoms with Crippen molar-refractivity contribution in [2.24, 2.45) is 5.92 Å². The molecule has 1 atom stereocenters. The van der Waals surface area contributed by atoms with Gasteiger partial charge in [-0.1, -0.05) is 41.9 Å². The Hall–Kier alpha value is -1.22. The minimum absolute atomic E-state index is 0. The maximum atomic E-state index is 6.14. The monoisotopic (exact) mass is 337 g/mol. The van der Waals surface area contributed by atoms with Crippen LogP contribution in [-0.4, -0.2) is 19.7 Å². The molecule has 0 radical (unpaired) electrons. The van der Waals surface area contributed by atoms with Gasteiger partial charge in [0.1, 0.15) is 5.75 Å². The van der Waals surface area contributed by atoms with Crippen molar-refractivity contribution in [2.75, 3.05) is 19.7 Å². The van der Waals surface area contributed by atoms with E-state index in [-0.39, 0.29) is 12.4 Å². The second kappa shape index (κ2) is 8.42. The van der Waals surface area contributed by atoms with Gasteiger partial charge < -0.3 is 10.1 Å². The van der Waals surface area contributed by atoms with Crippen LogP contribution in [0.4, 0.5) is 0 Å². The zero-order chi connectivity index (χ0) is 14.5. The largest absolute Gasteiger partial charge is 0.493 e. The van der Waals surface area contributed by atoms with E-state index >= 15 is 0 Å². The summed E-state index contributed by atoms with van der Waals surface area (Å²) in [5, 5.41) is 4.13. The summed E-state index contributed by atoms with van der Waals surface area (Å²) in [7, 11) is 0. The van der Waals surface area contributed by atoms with Crippen LogP contribution < -0.4 is 10.1 Å². The van der Waals surface area contributed by atoms with E-state index in [4.69, 9.17) is 16.3 Å². The van der Waals surface area contributed by atoms with Crippen molar-refractivity contribution >= 4 is 24.0 Å². The second-order valence-electron chi connectivity index (χ2n) is 5.58. The van der Waals surface area contributed by atoms with Crippen molar-refractivity contribution < 1.29 is 4.74 Å². The number of hydrogen-bond acceptors (Lipinski definition) is 2. The second-order valence-corrected chi connectivity index (χ2v) is 6.02.